The number of benzene rings is 1. The van der Waals surface area contributed by atoms with Gasteiger partial charge in [0.25, 0.3) is 0 Å². The molecule has 114 valence electrons. The van der Waals surface area contributed by atoms with Crippen LogP contribution in [0.2, 0.25) is 0 Å². The number of aryl methyl sites for hydroxylation is 1. The van der Waals surface area contributed by atoms with Crippen molar-refractivity contribution in [3.63, 3.8) is 0 Å². The highest BCUT2D eigenvalue weighted by molar-refractivity contribution is 7.12. The van der Waals surface area contributed by atoms with E-state index in [0.29, 0.717) is 11.8 Å². The second-order valence-corrected chi connectivity index (χ2v) is 7.48. The highest BCUT2D eigenvalue weighted by atomic mass is 32.1. The van der Waals surface area contributed by atoms with Crippen molar-refractivity contribution in [2.75, 3.05) is 5.32 Å². The van der Waals surface area contributed by atoms with Crippen LogP contribution >= 0.6 is 11.3 Å². The van der Waals surface area contributed by atoms with E-state index in [4.69, 9.17) is 0 Å². The molecule has 21 heavy (non-hydrogen) atoms. The number of hydrogen-bond donors (Lipinski definition) is 1. The van der Waals surface area contributed by atoms with Gasteiger partial charge in [0.1, 0.15) is 0 Å². The van der Waals surface area contributed by atoms with Crippen molar-refractivity contribution >= 4 is 17.0 Å². The van der Waals surface area contributed by atoms with Gasteiger partial charge >= 0.3 is 0 Å². The van der Waals surface area contributed by atoms with Crippen molar-refractivity contribution < 1.29 is 0 Å². The summed E-state index contributed by atoms with van der Waals surface area (Å²) in [5, 5.41) is 3.62. The molecule has 1 aromatic carbocycles. The normalized spacial score (nSPS) is 11.4. The minimum atomic E-state index is 0.542. The molecular formula is C19H27NS. The van der Waals surface area contributed by atoms with E-state index >= 15 is 0 Å². The fourth-order valence-electron chi connectivity index (χ4n) is 2.47. The van der Waals surface area contributed by atoms with Crippen molar-refractivity contribution in [2.45, 2.75) is 59.4 Å². The van der Waals surface area contributed by atoms with Gasteiger partial charge in [-0.3, -0.25) is 0 Å². The predicted octanol–water partition coefficient (Wildman–Crippen LogP) is 6.17. The smallest absolute Gasteiger partial charge is 0.0494 e. The summed E-state index contributed by atoms with van der Waals surface area (Å²) in [5.41, 5.74) is 4.13. The fourth-order valence-corrected chi connectivity index (χ4v) is 3.37. The quantitative estimate of drug-likeness (QED) is 0.672. The zero-order valence-corrected chi connectivity index (χ0v) is 14.7. The summed E-state index contributed by atoms with van der Waals surface area (Å²) < 4.78 is 0. The van der Waals surface area contributed by atoms with Gasteiger partial charge in [-0.2, -0.15) is 0 Å². The lowest BCUT2D eigenvalue weighted by atomic mass is 9.94. The molecule has 1 heterocycles. The van der Waals surface area contributed by atoms with Gasteiger partial charge in [0.05, 0.1) is 0 Å². The Morgan fingerprint density at radius 1 is 0.952 bits per heavy atom. The Hall–Kier alpha value is -1.28. The average molecular weight is 301 g/mol. The van der Waals surface area contributed by atoms with Crippen LogP contribution in [0.25, 0.3) is 0 Å². The lowest BCUT2D eigenvalue weighted by Crippen LogP contribution is -2.03. The van der Waals surface area contributed by atoms with Gasteiger partial charge in [-0.1, -0.05) is 46.8 Å². The maximum Gasteiger partial charge on any atom is 0.0494 e. The topological polar surface area (TPSA) is 12.0 Å². The van der Waals surface area contributed by atoms with E-state index in [1.165, 1.54) is 26.6 Å². The molecule has 1 aromatic heterocycles. The first-order chi connectivity index (χ1) is 10.0. The standard InChI is InChI=1S/C19H27NS/c1-6-16-8-9-17(21-16)12-20-19-10-7-15(13(2)3)11-18(19)14(4)5/h7-11,13-14,20H,6,12H2,1-5H3. The minimum absolute atomic E-state index is 0.542. The molecule has 0 radical (unpaired) electrons. The highest BCUT2D eigenvalue weighted by Gasteiger charge is 2.10. The van der Waals surface area contributed by atoms with E-state index in [1.807, 2.05) is 11.3 Å². The molecule has 1 nitrogen and oxygen atoms in total. The van der Waals surface area contributed by atoms with Gasteiger partial charge in [0, 0.05) is 22.0 Å². The molecule has 0 fully saturated rings. The van der Waals surface area contributed by atoms with E-state index in [9.17, 15) is 0 Å². The van der Waals surface area contributed by atoms with E-state index < -0.39 is 0 Å². The van der Waals surface area contributed by atoms with E-state index in [2.05, 4.69) is 70.3 Å². The zero-order chi connectivity index (χ0) is 15.4. The molecule has 2 rings (SSSR count). The van der Waals surface area contributed by atoms with Gasteiger partial charge in [-0.25, -0.2) is 0 Å². The van der Waals surface area contributed by atoms with Crippen molar-refractivity contribution in [1.82, 2.24) is 0 Å². The van der Waals surface area contributed by atoms with Gasteiger partial charge < -0.3 is 5.32 Å². The fraction of sp³-hybridized carbons (Fsp3) is 0.474. The van der Waals surface area contributed by atoms with Crippen LogP contribution in [0.3, 0.4) is 0 Å². The molecule has 0 unspecified atom stereocenters. The largest absolute Gasteiger partial charge is 0.380 e. The highest BCUT2D eigenvalue weighted by Crippen LogP contribution is 2.29. The first kappa shape index (κ1) is 16.1. The Labute approximate surface area is 133 Å². The third kappa shape index (κ3) is 4.10. The van der Waals surface area contributed by atoms with Crippen LogP contribution in [0, 0.1) is 0 Å². The number of nitrogens with one attached hydrogen (secondary N) is 1. The maximum absolute atomic E-state index is 3.62. The summed E-state index contributed by atoms with van der Waals surface area (Å²) >= 11 is 1.91. The summed E-state index contributed by atoms with van der Waals surface area (Å²) in [4.78, 5) is 2.88. The van der Waals surface area contributed by atoms with Crippen LogP contribution < -0.4 is 5.32 Å². The number of anilines is 1. The molecule has 2 aromatic rings. The minimum Gasteiger partial charge on any atom is -0.380 e. The average Bonchev–Trinajstić information content (AvgIpc) is 2.92. The maximum atomic E-state index is 3.62. The third-order valence-electron chi connectivity index (χ3n) is 3.88. The first-order valence-corrected chi connectivity index (χ1v) is 8.78. The van der Waals surface area contributed by atoms with Crippen LogP contribution in [0.4, 0.5) is 5.69 Å². The molecule has 0 atom stereocenters. The zero-order valence-electron chi connectivity index (χ0n) is 13.9. The van der Waals surface area contributed by atoms with Crippen molar-refractivity contribution in [2.24, 2.45) is 0 Å². The molecule has 0 aliphatic carbocycles. The van der Waals surface area contributed by atoms with E-state index in [1.54, 1.807) is 0 Å². The first-order valence-electron chi connectivity index (χ1n) is 7.96. The summed E-state index contributed by atoms with van der Waals surface area (Å²) in [6, 6.07) is 11.4. The Morgan fingerprint density at radius 3 is 2.24 bits per heavy atom. The molecule has 0 aliphatic rings. The van der Waals surface area contributed by atoms with Crippen LogP contribution in [0.15, 0.2) is 30.3 Å². The molecular weight excluding hydrogens is 274 g/mol. The Bertz CT molecular complexity index is 581. The second-order valence-electron chi connectivity index (χ2n) is 6.23. The SMILES string of the molecule is CCc1ccc(CNc2ccc(C(C)C)cc2C(C)C)s1. The number of rotatable bonds is 6. The number of hydrogen-bond acceptors (Lipinski definition) is 2. The molecule has 0 spiro atoms. The van der Waals surface area contributed by atoms with E-state index in [0.717, 1.165) is 13.0 Å². The summed E-state index contributed by atoms with van der Waals surface area (Å²) in [7, 11) is 0. The lowest BCUT2D eigenvalue weighted by molar-refractivity contribution is 0.833. The molecule has 0 saturated carbocycles. The predicted molar refractivity (Wildman–Crippen MR) is 95.6 cm³/mol. The summed E-state index contributed by atoms with van der Waals surface area (Å²) in [5.74, 6) is 1.13. The summed E-state index contributed by atoms with van der Waals surface area (Å²) in [6.45, 7) is 12.2. The second kappa shape index (κ2) is 7.13. The molecule has 0 saturated heterocycles. The molecule has 0 bridgehead atoms. The Morgan fingerprint density at radius 2 is 1.67 bits per heavy atom. The van der Waals surface area contributed by atoms with Crippen molar-refractivity contribution in [3.8, 4) is 0 Å². The Kier molecular flexibility index (Phi) is 5.46. The monoisotopic (exact) mass is 301 g/mol. The molecule has 0 aliphatic heterocycles. The van der Waals surface area contributed by atoms with Gasteiger partial charge in [-0.05, 0) is 47.6 Å². The van der Waals surface area contributed by atoms with Crippen LogP contribution in [-0.4, -0.2) is 0 Å². The van der Waals surface area contributed by atoms with Crippen LogP contribution in [0.1, 0.15) is 67.3 Å². The Balaban J connectivity index is 2.15. The molecule has 0 amide bonds. The van der Waals surface area contributed by atoms with Crippen molar-refractivity contribution in [3.05, 3.63) is 51.2 Å². The van der Waals surface area contributed by atoms with Crippen molar-refractivity contribution in [1.29, 1.82) is 0 Å². The van der Waals surface area contributed by atoms with Gasteiger partial charge in [-0.15, -0.1) is 11.3 Å². The van der Waals surface area contributed by atoms with E-state index in [-0.39, 0.29) is 0 Å². The third-order valence-corrected chi connectivity index (χ3v) is 5.11. The summed E-state index contributed by atoms with van der Waals surface area (Å²) in [6.07, 6.45) is 1.13. The number of thiophene rings is 1. The van der Waals surface area contributed by atoms with Crippen LogP contribution in [-0.2, 0) is 13.0 Å². The molecule has 1 N–H and O–H groups in total. The lowest BCUT2D eigenvalue weighted by Gasteiger charge is -2.17. The van der Waals surface area contributed by atoms with Crippen LogP contribution in [0.5, 0.6) is 0 Å². The van der Waals surface area contributed by atoms with Gasteiger partial charge in [0.15, 0.2) is 0 Å². The van der Waals surface area contributed by atoms with Gasteiger partial charge in [0.2, 0.25) is 0 Å². The molecule has 2 heteroatoms.